The van der Waals surface area contributed by atoms with Gasteiger partial charge in [0.15, 0.2) is 5.13 Å². The fourth-order valence-corrected chi connectivity index (χ4v) is 4.80. The Morgan fingerprint density at radius 3 is 2.39 bits per heavy atom. The third kappa shape index (κ3) is 4.46. The normalized spacial score (nSPS) is 11.2. The van der Waals surface area contributed by atoms with E-state index < -0.39 is 10.0 Å². The molecule has 3 rings (SSSR count). The fourth-order valence-electron chi connectivity index (χ4n) is 2.55. The molecule has 0 aliphatic rings. The Hall–Kier alpha value is -2.98. The molecule has 1 aromatic heterocycles. The Labute approximate surface area is 166 Å². The number of rotatable bonds is 5. The minimum absolute atomic E-state index is 0.0222. The number of carbonyl (C=O) groups is 2. The molecule has 0 saturated heterocycles. The first-order chi connectivity index (χ1) is 13.1. The number of anilines is 3. The van der Waals surface area contributed by atoms with Gasteiger partial charge in [0.1, 0.15) is 4.90 Å². The number of aryl methyl sites for hydroxylation is 1. The quantitative estimate of drug-likeness (QED) is 0.588. The number of nitrogens with zero attached hydrogens (tertiary/aromatic N) is 1. The molecule has 0 aliphatic carbocycles. The van der Waals surface area contributed by atoms with E-state index in [9.17, 15) is 18.0 Å². The van der Waals surface area contributed by atoms with Gasteiger partial charge in [-0.15, -0.1) is 0 Å². The van der Waals surface area contributed by atoms with Crippen molar-refractivity contribution in [1.82, 2.24) is 4.98 Å². The second kappa shape index (κ2) is 7.56. The first-order valence-corrected chi connectivity index (χ1v) is 10.5. The van der Waals surface area contributed by atoms with E-state index in [-0.39, 0.29) is 22.4 Å². The van der Waals surface area contributed by atoms with E-state index in [0.717, 1.165) is 10.3 Å². The van der Waals surface area contributed by atoms with E-state index in [1.165, 1.54) is 31.3 Å². The Kier molecular flexibility index (Phi) is 5.34. The molecule has 0 atom stereocenters. The number of nitrogens with one attached hydrogen (secondary N) is 3. The van der Waals surface area contributed by atoms with Crippen LogP contribution < -0.4 is 15.4 Å². The number of hydrogen-bond donors (Lipinski definition) is 3. The lowest BCUT2D eigenvalue weighted by Gasteiger charge is -2.13. The zero-order valence-electron chi connectivity index (χ0n) is 15.4. The van der Waals surface area contributed by atoms with Gasteiger partial charge < -0.3 is 10.6 Å². The van der Waals surface area contributed by atoms with Crippen LogP contribution in [0.15, 0.2) is 41.3 Å². The highest BCUT2D eigenvalue weighted by atomic mass is 32.2. The van der Waals surface area contributed by atoms with Crippen LogP contribution in [0, 0.1) is 6.92 Å². The monoisotopic (exact) mass is 418 g/mol. The molecule has 0 unspecified atom stereocenters. The molecule has 0 aliphatic heterocycles. The lowest BCUT2D eigenvalue weighted by atomic mass is 10.2. The van der Waals surface area contributed by atoms with Gasteiger partial charge in [-0.25, -0.2) is 13.4 Å². The second-order valence-corrected chi connectivity index (χ2v) is 8.85. The molecular formula is C18H18N4O4S2. The summed E-state index contributed by atoms with van der Waals surface area (Å²) in [5.74, 6) is -0.596. The Balaban J connectivity index is 1.95. The summed E-state index contributed by atoms with van der Waals surface area (Å²) >= 11 is 1.24. The van der Waals surface area contributed by atoms with E-state index in [2.05, 4.69) is 20.3 Å². The first kappa shape index (κ1) is 19.8. The van der Waals surface area contributed by atoms with Crippen molar-refractivity contribution in [3.05, 3.63) is 42.0 Å². The maximum atomic E-state index is 12.9. The van der Waals surface area contributed by atoms with Crippen molar-refractivity contribution in [2.24, 2.45) is 0 Å². The number of benzene rings is 2. The maximum absolute atomic E-state index is 12.9. The zero-order chi connectivity index (χ0) is 20.5. The molecule has 0 radical (unpaired) electrons. The molecular weight excluding hydrogens is 400 g/mol. The van der Waals surface area contributed by atoms with Crippen molar-refractivity contribution < 1.29 is 18.0 Å². The van der Waals surface area contributed by atoms with Crippen LogP contribution in [0.1, 0.15) is 19.4 Å². The average Bonchev–Trinajstić information content (AvgIpc) is 2.96. The van der Waals surface area contributed by atoms with E-state index >= 15 is 0 Å². The SMILES string of the molecule is CC(=O)Nc1nc2ccc(NS(=O)(=O)c3cc(C)ccc3NC(C)=O)cc2s1. The van der Waals surface area contributed by atoms with E-state index in [1.807, 2.05) is 0 Å². The number of aromatic nitrogens is 1. The summed E-state index contributed by atoms with van der Waals surface area (Å²) in [6.45, 7) is 4.47. The minimum atomic E-state index is -3.94. The molecule has 2 aromatic carbocycles. The highest BCUT2D eigenvalue weighted by Gasteiger charge is 2.20. The van der Waals surface area contributed by atoms with Crippen LogP contribution in [0.2, 0.25) is 0 Å². The Bertz CT molecular complexity index is 1190. The summed E-state index contributed by atoms with van der Waals surface area (Å²) in [6, 6.07) is 9.66. The largest absolute Gasteiger partial charge is 0.325 e. The van der Waals surface area contributed by atoms with Crippen LogP contribution in [0.3, 0.4) is 0 Å². The summed E-state index contributed by atoms with van der Waals surface area (Å²) < 4.78 is 29.1. The molecule has 0 bridgehead atoms. The van der Waals surface area contributed by atoms with E-state index in [1.54, 1.807) is 37.3 Å². The summed E-state index contributed by atoms with van der Waals surface area (Å²) in [5.41, 5.74) is 1.94. The lowest BCUT2D eigenvalue weighted by Crippen LogP contribution is -2.17. The van der Waals surface area contributed by atoms with Crippen molar-refractivity contribution in [1.29, 1.82) is 0 Å². The van der Waals surface area contributed by atoms with Crippen LogP contribution in [-0.2, 0) is 19.6 Å². The molecule has 3 N–H and O–H groups in total. The van der Waals surface area contributed by atoms with Crippen molar-refractivity contribution in [2.75, 3.05) is 15.4 Å². The fraction of sp³-hybridized carbons (Fsp3) is 0.167. The molecule has 3 aromatic rings. The molecule has 146 valence electrons. The molecule has 0 spiro atoms. The summed E-state index contributed by atoms with van der Waals surface area (Å²) in [7, 11) is -3.94. The van der Waals surface area contributed by atoms with Gasteiger partial charge in [-0.05, 0) is 42.8 Å². The summed E-state index contributed by atoms with van der Waals surface area (Å²) in [4.78, 5) is 26.8. The van der Waals surface area contributed by atoms with Gasteiger partial charge in [-0.2, -0.15) is 0 Å². The van der Waals surface area contributed by atoms with Crippen LogP contribution in [0.4, 0.5) is 16.5 Å². The van der Waals surface area contributed by atoms with Gasteiger partial charge >= 0.3 is 0 Å². The first-order valence-electron chi connectivity index (χ1n) is 8.23. The van der Waals surface area contributed by atoms with Crippen molar-refractivity contribution in [3.63, 3.8) is 0 Å². The molecule has 1 heterocycles. The number of sulfonamides is 1. The number of amides is 2. The molecule has 0 fully saturated rings. The Morgan fingerprint density at radius 2 is 1.71 bits per heavy atom. The number of carbonyl (C=O) groups excluding carboxylic acids is 2. The number of thiazole rings is 1. The smallest absolute Gasteiger partial charge is 0.263 e. The Morgan fingerprint density at radius 1 is 1.00 bits per heavy atom. The number of hydrogen-bond acceptors (Lipinski definition) is 6. The van der Waals surface area contributed by atoms with Crippen LogP contribution in [-0.4, -0.2) is 25.2 Å². The molecule has 8 nitrogen and oxygen atoms in total. The average molecular weight is 419 g/mol. The third-order valence-electron chi connectivity index (χ3n) is 3.66. The van der Waals surface area contributed by atoms with Crippen molar-refractivity contribution >= 4 is 59.9 Å². The summed E-state index contributed by atoms with van der Waals surface area (Å²) in [6.07, 6.45) is 0. The molecule has 0 saturated carbocycles. The summed E-state index contributed by atoms with van der Waals surface area (Å²) in [5, 5.41) is 5.59. The van der Waals surface area contributed by atoms with Gasteiger partial charge in [0.2, 0.25) is 11.8 Å². The molecule has 2 amide bonds. The van der Waals surface area contributed by atoms with Crippen LogP contribution >= 0.6 is 11.3 Å². The lowest BCUT2D eigenvalue weighted by molar-refractivity contribution is -0.115. The zero-order valence-corrected chi connectivity index (χ0v) is 17.0. The van der Waals surface area contributed by atoms with Gasteiger partial charge in [0, 0.05) is 13.8 Å². The standard InChI is InChI=1S/C18H18N4O4S2/c1-10-4-6-15(19-11(2)23)17(8-10)28(25,26)22-13-5-7-14-16(9-13)27-18(21-14)20-12(3)24/h4-9,22H,1-3H3,(H,19,23)(H,20,21,24). The van der Waals surface area contributed by atoms with Gasteiger partial charge in [-0.3, -0.25) is 14.3 Å². The third-order valence-corrected chi connectivity index (χ3v) is 6.02. The topological polar surface area (TPSA) is 117 Å². The minimum Gasteiger partial charge on any atom is -0.325 e. The van der Waals surface area contributed by atoms with E-state index in [4.69, 9.17) is 0 Å². The van der Waals surface area contributed by atoms with Crippen molar-refractivity contribution in [2.45, 2.75) is 25.7 Å². The van der Waals surface area contributed by atoms with Crippen LogP contribution in [0.5, 0.6) is 0 Å². The molecule has 28 heavy (non-hydrogen) atoms. The van der Waals surface area contributed by atoms with Gasteiger partial charge in [-0.1, -0.05) is 17.4 Å². The highest BCUT2D eigenvalue weighted by molar-refractivity contribution is 7.92. The van der Waals surface area contributed by atoms with Gasteiger partial charge in [0.25, 0.3) is 10.0 Å². The highest BCUT2D eigenvalue weighted by Crippen LogP contribution is 2.30. The maximum Gasteiger partial charge on any atom is 0.263 e. The molecule has 10 heteroatoms. The van der Waals surface area contributed by atoms with Gasteiger partial charge in [0.05, 0.1) is 21.6 Å². The number of fused-ring (bicyclic) bond motifs is 1. The van der Waals surface area contributed by atoms with Crippen LogP contribution in [0.25, 0.3) is 10.2 Å². The van der Waals surface area contributed by atoms with Crippen molar-refractivity contribution in [3.8, 4) is 0 Å². The predicted molar refractivity (Wildman–Crippen MR) is 110 cm³/mol. The predicted octanol–water partition coefficient (Wildman–Crippen LogP) is 3.32. The van der Waals surface area contributed by atoms with E-state index in [0.29, 0.717) is 16.3 Å². The second-order valence-electron chi connectivity index (χ2n) is 6.17.